The second kappa shape index (κ2) is 7.09. The Balaban J connectivity index is 1.50. The average molecular weight is 305 g/mol. The van der Waals surface area contributed by atoms with Crippen LogP contribution in [-0.4, -0.2) is 48.6 Å². The standard InChI is InChI=1S/C18H27NO3/c1-2-3-15-4-6-16(7-5-15)17(20)14-19-10-8-18(9-11-19)21-12-13-22-18/h4-7,17,20H,2-3,8-14H2,1H3. The van der Waals surface area contributed by atoms with E-state index < -0.39 is 6.10 Å². The van der Waals surface area contributed by atoms with Crippen molar-refractivity contribution in [3.05, 3.63) is 35.4 Å². The van der Waals surface area contributed by atoms with Gasteiger partial charge in [-0.05, 0) is 17.5 Å². The Morgan fingerprint density at radius 3 is 2.36 bits per heavy atom. The van der Waals surface area contributed by atoms with Gasteiger partial charge in [-0.1, -0.05) is 37.6 Å². The molecule has 1 unspecified atom stereocenters. The molecule has 3 rings (SSSR count). The van der Waals surface area contributed by atoms with Crippen molar-refractivity contribution in [2.75, 3.05) is 32.8 Å². The highest BCUT2D eigenvalue weighted by Crippen LogP contribution is 2.31. The molecule has 1 atom stereocenters. The normalized spacial score (nSPS) is 23.0. The minimum absolute atomic E-state index is 0.330. The van der Waals surface area contributed by atoms with Crippen molar-refractivity contribution in [1.82, 2.24) is 4.90 Å². The predicted molar refractivity (Wildman–Crippen MR) is 85.7 cm³/mol. The van der Waals surface area contributed by atoms with Gasteiger partial charge in [-0.3, -0.25) is 0 Å². The molecule has 4 heteroatoms. The van der Waals surface area contributed by atoms with Crippen LogP contribution in [0.4, 0.5) is 0 Å². The van der Waals surface area contributed by atoms with Crippen molar-refractivity contribution in [2.24, 2.45) is 0 Å². The Hall–Kier alpha value is -0.940. The molecule has 0 bridgehead atoms. The van der Waals surface area contributed by atoms with Gasteiger partial charge in [-0.25, -0.2) is 0 Å². The maximum absolute atomic E-state index is 10.4. The highest BCUT2D eigenvalue weighted by molar-refractivity contribution is 5.24. The van der Waals surface area contributed by atoms with Crippen molar-refractivity contribution >= 4 is 0 Å². The third kappa shape index (κ3) is 3.69. The summed E-state index contributed by atoms with van der Waals surface area (Å²) in [6.07, 6.45) is 3.63. The molecule has 2 saturated heterocycles. The minimum atomic E-state index is -0.421. The molecule has 0 radical (unpaired) electrons. The maximum Gasteiger partial charge on any atom is 0.170 e. The van der Waals surface area contributed by atoms with Crippen LogP contribution in [0, 0.1) is 0 Å². The third-order valence-corrected chi connectivity index (χ3v) is 4.77. The largest absolute Gasteiger partial charge is 0.387 e. The molecule has 0 aliphatic carbocycles. The fourth-order valence-electron chi connectivity index (χ4n) is 3.41. The first-order chi connectivity index (χ1) is 10.7. The number of hydrogen-bond acceptors (Lipinski definition) is 4. The number of aliphatic hydroxyl groups is 1. The van der Waals surface area contributed by atoms with Crippen molar-refractivity contribution in [3.8, 4) is 0 Å². The lowest BCUT2D eigenvalue weighted by molar-refractivity contribution is -0.186. The molecule has 2 heterocycles. The number of ether oxygens (including phenoxy) is 2. The van der Waals surface area contributed by atoms with Crippen LogP contribution >= 0.6 is 0 Å². The molecular formula is C18H27NO3. The molecule has 1 spiro atoms. The zero-order chi connectivity index (χ0) is 15.4. The second-order valence-corrected chi connectivity index (χ2v) is 6.42. The van der Waals surface area contributed by atoms with E-state index in [4.69, 9.17) is 9.47 Å². The summed E-state index contributed by atoms with van der Waals surface area (Å²) in [4.78, 5) is 2.31. The Morgan fingerprint density at radius 2 is 1.77 bits per heavy atom. The van der Waals surface area contributed by atoms with E-state index in [9.17, 15) is 5.11 Å². The smallest absolute Gasteiger partial charge is 0.170 e. The average Bonchev–Trinajstić information content (AvgIpc) is 2.99. The van der Waals surface area contributed by atoms with Gasteiger partial charge in [0.25, 0.3) is 0 Å². The zero-order valence-electron chi connectivity index (χ0n) is 13.5. The van der Waals surface area contributed by atoms with E-state index >= 15 is 0 Å². The van der Waals surface area contributed by atoms with Crippen molar-refractivity contribution in [1.29, 1.82) is 0 Å². The van der Waals surface area contributed by atoms with Crippen LogP contribution < -0.4 is 0 Å². The first-order valence-electron chi connectivity index (χ1n) is 8.48. The SMILES string of the molecule is CCCc1ccc(C(O)CN2CCC3(CC2)OCCO3)cc1. The number of hydrogen-bond donors (Lipinski definition) is 1. The number of likely N-dealkylation sites (tertiary alicyclic amines) is 1. The topological polar surface area (TPSA) is 41.9 Å². The van der Waals surface area contributed by atoms with E-state index in [1.54, 1.807) is 0 Å². The van der Waals surface area contributed by atoms with Gasteiger partial charge in [-0.15, -0.1) is 0 Å². The molecule has 1 aromatic rings. The Kier molecular flexibility index (Phi) is 5.14. The third-order valence-electron chi connectivity index (χ3n) is 4.77. The molecule has 1 aromatic carbocycles. The van der Waals surface area contributed by atoms with Crippen molar-refractivity contribution in [2.45, 2.75) is 44.5 Å². The van der Waals surface area contributed by atoms with Gasteiger partial charge in [0.2, 0.25) is 0 Å². The van der Waals surface area contributed by atoms with Crippen LogP contribution in [0.1, 0.15) is 43.4 Å². The molecule has 22 heavy (non-hydrogen) atoms. The lowest BCUT2D eigenvalue weighted by atomic mass is 10.0. The first kappa shape index (κ1) is 15.9. The van der Waals surface area contributed by atoms with Crippen molar-refractivity contribution < 1.29 is 14.6 Å². The fourth-order valence-corrected chi connectivity index (χ4v) is 3.41. The summed E-state index contributed by atoms with van der Waals surface area (Å²) in [5.74, 6) is -0.330. The number of aryl methyl sites for hydroxylation is 1. The van der Waals surface area contributed by atoms with E-state index in [-0.39, 0.29) is 5.79 Å². The van der Waals surface area contributed by atoms with E-state index in [0.29, 0.717) is 19.8 Å². The van der Waals surface area contributed by atoms with Gasteiger partial charge in [0.1, 0.15) is 0 Å². The van der Waals surface area contributed by atoms with Gasteiger partial charge in [0.15, 0.2) is 5.79 Å². The lowest BCUT2D eigenvalue weighted by Crippen LogP contribution is -2.46. The van der Waals surface area contributed by atoms with Crippen LogP contribution in [0.2, 0.25) is 0 Å². The lowest BCUT2D eigenvalue weighted by Gasteiger charge is -2.38. The number of nitrogens with zero attached hydrogens (tertiary/aromatic N) is 1. The predicted octanol–water partition coefficient (Wildman–Crippen LogP) is 2.51. The highest BCUT2D eigenvalue weighted by Gasteiger charge is 2.39. The van der Waals surface area contributed by atoms with E-state index in [0.717, 1.165) is 44.3 Å². The summed E-state index contributed by atoms with van der Waals surface area (Å²) < 4.78 is 11.5. The minimum Gasteiger partial charge on any atom is -0.387 e. The molecule has 0 amide bonds. The fraction of sp³-hybridized carbons (Fsp3) is 0.667. The summed E-state index contributed by atoms with van der Waals surface area (Å²) in [6.45, 7) is 6.14. The van der Waals surface area contributed by atoms with Crippen molar-refractivity contribution in [3.63, 3.8) is 0 Å². The number of β-amino-alcohol motifs (C(OH)–C–C–N with tert-alkyl or cyclic N) is 1. The second-order valence-electron chi connectivity index (χ2n) is 6.42. The van der Waals surface area contributed by atoms with E-state index in [2.05, 4.69) is 36.1 Å². The van der Waals surface area contributed by atoms with E-state index in [1.807, 2.05) is 0 Å². The van der Waals surface area contributed by atoms with Gasteiger partial charge < -0.3 is 19.5 Å². The molecule has 1 N–H and O–H groups in total. The van der Waals surface area contributed by atoms with Gasteiger partial charge in [0.05, 0.1) is 19.3 Å². The molecule has 2 aliphatic rings. The number of rotatable bonds is 5. The van der Waals surface area contributed by atoms with Crippen LogP contribution in [0.3, 0.4) is 0 Å². The van der Waals surface area contributed by atoms with Crippen LogP contribution in [-0.2, 0) is 15.9 Å². The Bertz CT molecular complexity index is 458. The zero-order valence-corrected chi connectivity index (χ0v) is 13.5. The number of benzene rings is 1. The quantitative estimate of drug-likeness (QED) is 0.907. The molecule has 4 nitrogen and oxygen atoms in total. The summed E-state index contributed by atoms with van der Waals surface area (Å²) >= 11 is 0. The van der Waals surface area contributed by atoms with Crippen LogP contribution in [0.15, 0.2) is 24.3 Å². The summed E-state index contributed by atoms with van der Waals surface area (Å²) in [7, 11) is 0. The van der Waals surface area contributed by atoms with Crippen LogP contribution in [0.25, 0.3) is 0 Å². The maximum atomic E-state index is 10.4. The molecule has 0 saturated carbocycles. The summed E-state index contributed by atoms with van der Waals surface area (Å²) in [6, 6.07) is 8.38. The number of aliphatic hydroxyl groups excluding tert-OH is 1. The molecule has 122 valence electrons. The van der Waals surface area contributed by atoms with Gasteiger partial charge in [-0.2, -0.15) is 0 Å². The Labute approximate surface area is 133 Å². The van der Waals surface area contributed by atoms with Gasteiger partial charge >= 0.3 is 0 Å². The number of piperidine rings is 1. The summed E-state index contributed by atoms with van der Waals surface area (Å²) in [5.41, 5.74) is 2.35. The highest BCUT2D eigenvalue weighted by atomic mass is 16.7. The Morgan fingerprint density at radius 1 is 1.14 bits per heavy atom. The summed E-state index contributed by atoms with van der Waals surface area (Å²) in [5, 5.41) is 10.4. The molecule has 2 fully saturated rings. The molecule has 0 aromatic heterocycles. The van der Waals surface area contributed by atoms with Gasteiger partial charge in [0, 0.05) is 32.5 Å². The molecule has 2 aliphatic heterocycles. The van der Waals surface area contributed by atoms with E-state index in [1.165, 1.54) is 5.56 Å². The monoisotopic (exact) mass is 305 g/mol. The molecular weight excluding hydrogens is 278 g/mol. The first-order valence-corrected chi connectivity index (χ1v) is 8.48. The van der Waals surface area contributed by atoms with Crippen LogP contribution in [0.5, 0.6) is 0 Å².